The molecule has 1 aliphatic heterocycles. The minimum absolute atomic E-state index is 0.0922. The van der Waals surface area contributed by atoms with Crippen molar-refractivity contribution >= 4 is 0 Å². The van der Waals surface area contributed by atoms with Crippen molar-refractivity contribution in [2.75, 3.05) is 13.7 Å². The highest BCUT2D eigenvalue weighted by Crippen LogP contribution is 2.47. The van der Waals surface area contributed by atoms with Crippen LogP contribution in [0.3, 0.4) is 0 Å². The quantitative estimate of drug-likeness (QED) is 0.844. The molecule has 2 aromatic heterocycles. The van der Waals surface area contributed by atoms with Crippen LogP contribution in [0.1, 0.15) is 55.0 Å². The standard InChI is InChI=1S/C17H23N3O3/c1-10-6-14(10)16-5-4-12(22-16)8-20-9-13(21-3)7-15(20)17-18-11(2)19-23-17/h4-5,10,13-15H,6-9H2,1-3H3/t10-,13+,14-,15-/m1/s1. The fraction of sp³-hybridized carbons (Fsp3) is 0.647. The van der Waals surface area contributed by atoms with Crippen LogP contribution in [0.15, 0.2) is 21.1 Å². The number of rotatable bonds is 5. The third kappa shape index (κ3) is 2.93. The molecule has 0 aromatic carbocycles. The molecule has 124 valence electrons. The number of ether oxygens (including phenoxy) is 1. The van der Waals surface area contributed by atoms with Gasteiger partial charge >= 0.3 is 0 Å². The molecule has 1 saturated heterocycles. The van der Waals surface area contributed by atoms with Crippen molar-refractivity contribution in [2.45, 2.75) is 51.3 Å². The molecule has 23 heavy (non-hydrogen) atoms. The van der Waals surface area contributed by atoms with Crippen molar-refractivity contribution in [1.29, 1.82) is 0 Å². The van der Waals surface area contributed by atoms with Crippen molar-refractivity contribution in [3.8, 4) is 0 Å². The topological polar surface area (TPSA) is 64.5 Å². The summed E-state index contributed by atoms with van der Waals surface area (Å²) in [4.78, 5) is 6.71. The molecule has 1 aliphatic carbocycles. The van der Waals surface area contributed by atoms with Gasteiger partial charge in [-0.1, -0.05) is 12.1 Å². The molecule has 2 aliphatic rings. The Bertz CT molecular complexity index is 680. The first-order chi connectivity index (χ1) is 11.1. The predicted molar refractivity (Wildman–Crippen MR) is 82.8 cm³/mol. The molecule has 0 N–H and O–H groups in total. The van der Waals surface area contributed by atoms with Gasteiger partial charge in [0.05, 0.1) is 18.7 Å². The monoisotopic (exact) mass is 317 g/mol. The zero-order valence-corrected chi connectivity index (χ0v) is 13.9. The van der Waals surface area contributed by atoms with E-state index in [0.29, 0.717) is 17.6 Å². The van der Waals surface area contributed by atoms with Crippen molar-refractivity contribution < 1.29 is 13.7 Å². The molecule has 6 heteroatoms. The van der Waals surface area contributed by atoms with Crippen LogP contribution >= 0.6 is 0 Å². The second-order valence-corrected chi connectivity index (χ2v) is 6.84. The van der Waals surface area contributed by atoms with Gasteiger partial charge in [-0.25, -0.2) is 0 Å². The van der Waals surface area contributed by atoms with Gasteiger partial charge in [0.15, 0.2) is 5.82 Å². The average Bonchev–Trinajstić information content (AvgIpc) is 2.95. The van der Waals surface area contributed by atoms with Crippen LogP contribution in [0.4, 0.5) is 0 Å². The van der Waals surface area contributed by atoms with Crippen molar-refractivity contribution in [1.82, 2.24) is 15.0 Å². The largest absolute Gasteiger partial charge is 0.464 e. The lowest BCUT2D eigenvalue weighted by atomic mass is 10.2. The van der Waals surface area contributed by atoms with E-state index < -0.39 is 0 Å². The Labute approximate surface area is 135 Å². The van der Waals surface area contributed by atoms with Gasteiger partial charge in [0, 0.05) is 19.6 Å². The van der Waals surface area contributed by atoms with Crippen LogP contribution in [0.5, 0.6) is 0 Å². The second kappa shape index (κ2) is 5.76. The SMILES string of the molecule is CO[C@H]1C[C@H](c2nc(C)no2)N(Cc2ccc([C@@H]3C[C@H]3C)o2)C1. The Morgan fingerprint density at radius 2 is 2.17 bits per heavy atom. The molecule has 3 heterocycles. The Morgan fingerprint density at radius 3 is 2.83 bits per heavy atom. The molecule has 6 nitrogen and oxygen atoms in total. The number of likely N-dealkylation sites (tertiary alicyclic amines) is 1. The summed E-state index contributed by atoms with van der Waals surface area (Å²) >= 11 is 0. The molecule has 0 unspecified atom stereocenters. The summed E-state index contributed by atoms with van der Waals surface area (Å²) in [6.45, 7) is 5.70. The highest BCUT2D eigenvalue weighted by Gasteiger charge is 2.39. The zero-order chi connectivity index (χ0) is 16.0. The van der Waals surface area contributed by atoms with Gasteiger partial charge in [0.2, 0.25) is 5.89 Å². The van der Waals surface area contributed by atoms with Crippen LogP contribution < -0.4 is 0 Å². The lowest BCUT2D eigenvalue weighted by Crippen LogP contribution is -2.24. The summed E-state index contributed by atoms with van der Waals surface area (Å²) in [5.41, 5.74) is 0. The summed E-state index contributed by atoms with van der Waals surface area (Å²) in [5.74, 6) is 4.84. The molecule has 2 fully saturated rings. The molecular formula is C17H23N3O3. The summed E-state index contributed by atoms with van der Waals surface area (Å²) in [5, 5.41) is 3.92. The summed E-state index contributed by atoms with van der Waals surface area (Å²) in [6, 6.07) is 4.31. The predicted octanol–water partition coefficient (Wildman–Crippen LogP) is 3.06. The van der Waals surface area contributed by atoms with E-state index in [-0.39, 0.29) is 12.1 Å². The minimum atomic E-state index is 0.0922. The van der Waals surface area contributed by atoms with Gasteiger partial charge in [0.25, 0.3) is 0 Å². The first kappa shape index (κ1) is 14.9. The van der Waals surface area contributed by atoms with Crippen LogP contribution in [0, 0.1) is 12.8 Å². The van der Waals surface area contributed by atoms with E-state index >= 15 is 0 Å². The highest BCUT2D eigenvalue weighted by atomic mass is 16.5. The van der Waals surface area contributed by atoms with E-state index in [4.69, 9.17) is 13.7 Å². The molecule has 0 amide bonds. The van der Waals surface area contributed by atoms with Crippen LogP contribution in [-0.4, -0.2) is 34.8 Å². The van der Waals surface area contributed by atoms with Crippen LogP contribution in [-0.2, 0) is 11.3 Å². The van der Waals surface area contributed by atoms with Crippen molar-refractivity contribution in [3.05, 3.63) is 35.4 Å². The maximum Gasteiger partial charge on any atom is 0.244 e. The first-order valence-electron chi connectivity index (χ1n) is 8.29. The number of nitrogens with zero attached hydrogens (tertiary/aromatic N) is 3. The molecule has 4 atom stereocenters. The number of hydrogen-bond donors (Lipinski definition) is 0. The molecule has 2 aromatic rings. The van der Waals surface area contributed by atoms with Gasteiger partial charge in [0.1, 0.15) is 11.5 Å². The number of methoxy groups -OCH3 is 1. The maximum absolute atomic E-state index is 6.05. The zero-order valence-electron chi connectivity index (χ0n) is 13.9. The molecule has 0 spiro atoms. The van der Waals surface area contributed by atoms with Gasteiger partial charge in [-0.15, -0.1) is 0 Å². The fourth-order valence-electron chi connectivity index (χ4n) is 3.51. The van der Waals surface area contributed by atoms with Crippen LogP contribution in [0.2, 0.25) is 0 Å². The normalized spacial score (nSPS) is 30.9. The molecule has 4 rings (SSSR count). The Balaban J connectivity index is 1.50. The van der Waals surface area contributed by atoms with E-state index in [1.807, 2.05) is 6.92 Å². The second-order valence-electron chi connectivity index (χ2n) is 6.84. The molecule has 0 bridgehead atoms. The van der Waals surface area contributed by atoms with Gasteiger partial charge in [-0.3, -0.25) is 4.90 Å². The number of furan rings is 1. The first-order valence-corrected chi connectivity index (χ1v) is 8.29. The third-order valence-corrected chi connectivity index (χ3v) is 5.04. The summed E-state index contributed by atoms with van der Waals surface area (Å²) < 4.78 is 17.0. The van der Waals surface area contributed by atoms with Gasteiger partial charge < -0.3 is 13.7 Å². The maximum atomic E-state index is 6.05. The number of aromatic nitrogens is 2. The Hall–Kier alpha value is -1.66. The Kier molecular flexibility index (Phi) is 3.73. The smallest absolute Gasteiger partial charge is 0.244 e. The average molecular weight is 317 g/mol. The van der Waals surface area contributed by atoms with Crippen LogP contribution in [0.25, 0.3) is 0 Å². The van der Waals surface area contributed by atoms with E-state index in [1.165, 1.54) is 6.42 Å². The van der Waals surface area contributed by atoms with E-state index in [9.17, 15) is 0 Å². The van der Waals surface area contributed by atoms with Gasteiger partial charge in [-0.2, -0.15) is 4.98 Å². The molecular weight excluding hydrogens is 294 g/mol. The lowest BCUT2D eigenvalue weighted by molar-refractivity contribution is 0.106. The minimum Gasteiger partial charge on any atom is -0.464 e. The van der Waals surface area contributed by atoms with E-state index in [0.717, 1.165) is 36.9 Å². The summed E-state index contributed by atoms with van der Waals surface area (Å²) in [7, 11) is 1.75. The summed E-state index contributed by atoms with van der Waals surface area (Å²) in [6.07, 6.45) is 2.29. The van der Waals surface area contributed by atoms with Gasteiger partial charge in [-0.05, 0) is 37.8 Å². The fourth-order valence-corrected chi connectivity index (χ4v) is 3.51. The van der Waals surface area contributed by atoms with E-state index in [1.54, 1.807) is 7.11 Å². The third-order valence-electron chi connectivity index (χ3n) is 5.04. The molecule has 1 saturated carbocycles. The Morgan fingerprint density at radius 1 is 1.35 bits per heavy atom. The van der Waals surface area contributed by atoms with Crippen molar-refractivity contribution in [3.63, 3.8) is 0 Å². The van der Waals surface area contributed by atoms with E-state index in [2.05, 4.69) is 34.1 Å². The molecule has 0 radical (unpaired) electrons. The van der Waals surface area contributed by atoms with Crippen molar-refractivity contribution in [2.24, 2.45) is 5.92 Å². The highest BCUT2D eigenvalue weighted by molar-refractivity contribution is 5.18. The number of aryl methyl sites for hydroxylation is 1. The lowest BCUT2D eigenvalue weighted by Gasteiger charge is -2.19. The number of hydrogen-bond acceptors (Lipinski definition) is 6.